The van der Waals surface area contributed by atoms with Crippen LogP contribution >= 0.6 is 0 Å². The zero-order valence-electron chi connectivity index (χ0n) is 15.4. The van der Waals surface area contributed by atoms with Gasteiger partial charge in [-0.1, -0.05) is 25.7 Å². The number of hydrogen-bond donors (Lipinski definition) is 1. The Kier molecular flexibility index (Phi) is 8.21. The molecule has 134 valence electrons. The molecule has 0 atom stereocenters. The van der Waals surface area contributed by atoms with E-state index in [9.17, 15) is 0 Å². The average Bonchev–Trinajstić information content (AvgIpc) is 2.80. The molecule has 0 aromatic carbocycles. The average molecular weight is 324 g/mol. The third-order valence-electron chi connectivity index (χ3n) is 5.65. The second kappa shape index (κ2) is 10.2. The predicted molar refractivity (Wildman–Crippen MR) is 98.0 cm³/mol. The van der Waals surface area contributed by atoms with E-state index in [-0.39, 0.29) is 0 Å². The van der Waals surface area contributed by atoms with Crippen molar-refractivity contribution in [1.82, 2.24) is 10.2 Å². The maximum absolute atomic E-state index is 5.11. The van der Waals surface area contributed by atoms with Crippen LogP contribution in [-0.4, -0.2) is 51.3 Å². The number of aliphatic imine (C=N–C) groups is 1. The van der Waals surface area contributed by atoms with Crippen molar-refractivity contribution in [2.75, 3.05) is 40.4 Å². The topological polar surface area (TPSA) is 36.9 Å². The van der Waals surface area contributed by atoms with E-state index >= 15 is 0 Å². The van der Waals surface area contributed by atoms with Gasteiger partial charge < -0.3 is 15.0 Å². The maximum atomic E-state index is 5.11. The zero-order chi connectivity index (χ0) is 16.4. The van der Waals surface area contributed by atoms with E-state index in [1.54, 1.807) is 7.11 Å². The Morgan fingerprint density at radius 1 is 1.04 bits per heavy atom. The van der Waals surface area contributed by atoms with E-state index in [4.69, 9.17) is 4.74 Å². The van der Waals surface area contributed by atoms with Crippen LogP contribution in [0.15, 0.2) is 4.99 Å². The van der Waals surface area contributed by atoms with E-state index in [1.165, 1.54) is 77.3 Å². The number of likely N-dealkylation sites (tertiary alicyclic amines) is 1. The molecular weight excluding hydrogens is 286 g/mol. The van der Waals surface area contributed by atoms with E-state index in [0.717, 1.165) is 25.5 Å². The lowest BCUT2D eigenvalue weighted by atomic mass is 9.74. The fraction of sp³-hybridized carbons (Fsp3) is 0.947. The first kappa shape index (κ1) is 18.6. The highest BCUT2D eigenvalue weighted by molar-refractivity contribution is 5.80. The van der Waals surface area contributed by atoms with Crippen molar-refractivity contribution in [2.24, 2.45) is 10.4 Å². The number of methoxy groups -OCH3 is 1. The van der Waals surface area contributed by atoms with Crippen molar-refractivity contribution in [2.45, 2.75) is 70.6 Å². The number of guanidine groups is 1. The first-order valence-electron chi connectivity index (χ1n) is 9.74. The number of nitrogens with one attached hydrogen (secondary N) is 1. The summed E-state index contributed by atoms with van der Waals surface area (Å²) < 4.78 is 5.11. The van der Waals surface area contributed by atoms with Crippen LogP contribution in [0, 0.1) is 5.41 Å². The van der Waals surface area contributed by atoms with E-state index in [2.05, 4.69) is 15.2 Å². The minimum absolute atomic E-state index is 0.574. The van der Waals surface area contributed by atoms with Crippen LogP contribution in [0.5, 0.6) is 0 Å². The Balaban J connectivity index is 1.78. The quantitative estimate of drug-likeness (QED) is 0.459. The van der Waals surface area contributed by atoms with Crippen molar-refractivity contribution in [1.29, 1.82) is 0 Å². The van der Waals surface area contributed by atoms with E-state index < -0.39 is 0 Å². The molecule has 0 unspecified atom stereocenters. The van der Waals surface area contributed by atoms with Crippen LogP contribution in [0.2, 0.25) is 0 Å². The molecule has 1 spiro atoms. The molecule has 23 heavy (non-hydrogen) atoms. The van der Waals surface area contributed by atoms with Gasteiger partial charge in [0.05, 0.1) is 0 Å². The molecule has 2 rings (SSSR count). The summed E-state index contributed by atoms with van der Waals surface area (Å²) >= 11 is 0. The second-order valence-corrected chi connectivity index (χ2v) is 7.47. The van der Waals surface area contributed by atoms with Gasteiger partial charge in [-0.05, 0) is 50.4 Å². The van der Waals surface area contributed by atoms with Gasteiger partial charge in [0.2, 0.25) is 0 Å². The van der Waals surface area contributed by atoms with Crippen molar-refractivity contribution in [3.63, 3.8) is 0 Å². The number of ether oxygens (including phenoxy) is 1. The Labute approximate surface area is 143 Å². The lowest BCUT2D eigenvalue weighted by Gasteiger charge is -2.44. The molecule has 2 aliphatic rings. The predicted octanol–water partition coefficient (Wildman–Crippen LogP) is 3.81. The molecule has 0 aromatic rings. The molecule has 0 aromatic heterocycles. The van der Waals surface area contributed by atoms with Crippen LogP contribution in [0.4, 0.5) is 0 Å². The Hall–Kier alpha value is -0.770. The van der Waals surface area contributed by atoms with Crippen molar-refractivity contribution >= 4 is 5.96 Å². The largest absolute Gasteiger partial charge is 0.385 e. The van der Waals surface area contributed by atoms with Crippen LogP contribution in [0.1, 0.15) is 70.6 Å². The summed E-state index contributed by atoms with van der Waals surface area (Å²) in [5.74, 6) is 1.13. The Morgan fingerprint density at radius 2 is 1.78 bits per heavy atom. The molecule has 4 nitrogen and oxygen atoms in total. The van der Waals surface area contributed by atoms with Gasteiger partial charge in [-0.3, -0.25) is 4.99 Å². The second-order valence-electron chi connectivity index (χ2n) is 7.47. The fourth-order valence-corrected chi connectivity index (χ4v) is 4.36. The molecule has 1 N–H and O–H groups in total. The SMILES string of the molecule is CN=C(NCCCCCOC)N1CCCC2(CCCCCC2)C1. The number of piperidine rings is 1. The summed E-state index contributed by atoms with van der Waals surface area (Å²) in [5, 5.41) is 3.59. The van der Waals surface area contributed by atoms with Gasteiger partial charge in [0, 0.05) is 40.4 Å². The van der Waals surface area contributed by atoms with Crippen molar-refractivity contribution in [3.8, 4) is 0 Å². The maximum Gasteiger partial charge on any atom is 0.193 e. The van der Waals surface area contributed by atoms with E-state index in [1.807, 2.05) is 7.05 Å². The molecule has 2 fully saturated rings. The number of unbranched alkanes of at least 4 members (excludes halogenated alkanes) is 2. The number of hydrogen-bond acceptors (Lipinski definition) is 2. The van der Waals surface area contributed by atoms with Crippen LogP contribution < -0.4 is 5.32 Å². The normalized spacial score (nSPS) is 22.2. The summed E-state index contributed by atoms with van der Waals surface area (Å²) in [6, 6.07) is 0. The van der Waals surface area contributed by atoms with Crippen LogP contribution in [0.3, 0.4) is 0 Å². The smallest absolute Gasteiger partial charge is 0.193 e. The minimum Gasteiger partial charge on any atom is -0.385 e. The minimum atomic E-state index is 0.574. The monoisotopic (exact) mass is 323 g/mol. The molecule has 4 heteroatoms. The first-order valence-corrected chi connectivity index (χ1v) is 9.74. The summed E-state index contributed by atoms with van der Waals surface area (Å²) in [6.45, 7) is 4.30. The summed E-state index contributed by atoms with van der Waals surface area (Å²) in [4.78, 5) is 7.09. The highest BCUT2D eigenvalue weighted by Crippen LogP contribution is 2.42. The first-order chi connectivity index (χ1) is 11.3. The summed E-state index contributed by atoms with van der Waals surface area (Å²) in [5.41, 5.74) is 0.574. The lowest BCUT2D eigenvalue weighted by molar-refractivity contribution is 0.115. The highest BCUT2D eigenvalue weighted by Gasteiger charge is 2.36. The highest BCUT2D eigenvalue weighted by atomic mass is 16.5. The van der Waals surface area contributed by atoms with Gasteiger partial charge in [0.15, 0.2) is 5.96 Å². The number of rotatable bonds is 6. The molecule has 0 radical (unpaired) electrons. The third kappa shape index (κ3) is 5.98. The molecule has 1 saturated heterocycles. The van der Waals surface area contributed by atoms with Gasteiger partial charge in [0.1, 0.15) is 0 Å². The summed E-state index contributed by atoms with van der Waals surface area (Å²) in [6.07, 6.45) is 14.9. The van der Waals surface area contributed by atoms with Gasteiger partial charge in [0.25, 0.3) is 0 Å². The van der Waals surface area contributed by atoms with Gasteiger partial charge in [-0.2, -0.15) is 0 Å². The van der Waals surface area contributed by atoms with Crippen molar-refractivity contribution < 1.29 is 4.74 Å². The Bertz CT molecular complexity index is 349. The molecule has 0 amide bonds. The van der Waals surface area contributed by atoms with Gasteiger partial charge >= 0.3 is 0 Å². The standard InChI is InChI=1S/C19H37N3O/c1-20-18(21-14-8-5-9-16-23-2)22-15-10-13-19(17-22)11-6-3-4-7-12-19/h3-17H2,1-2H3,(H,20,21). The molecule has 1 aliphatic heterocycles. The van der Waals surface area contributed by atoms with Crippen molar-refractivity contribution in [3.05, 3.63) is 0 Å². The number of nitrogens with zero attached hydrogens (tertiary/aromatic N) is 2. The van der Waals surface area contributed by atoms with Crippen LogP contribution in [0.25, 0.3) is 0 Å². The molecule has 1 aliphatic carbocycles. The van der Waals surface area contributed by atoms with Gasteiger partial charge in [-0.15, -0.1) is 0 Å². The van der Waals surface area contributed by atoms with E-state index in [0.29, 0.717) is 5.41 Å². The zero-order valence-corrected chi connectivity index (χ0v) is 15.4. The molecule has 0 bridgehead atoms. The van der Waals surface area contributed by atoms with Crippen LogP contribution in [-0.2, 0) is 4.74 Å². The molecule has 1 saturated carbocycles. The Morgan fingerprint density at radius 3 is 2.48 bits per heavy atom. The fourth-order valence-electron chi connectivity index (χ4n) is 4.36. The summed E-state index contributed by atoms with van der Waals surface area (Å²) in [7, 11) is 3.71. The third-order valence-corrected chi connectivity index (χ3v) is 5.65. The molecule has 1 heterocycles. The lowest BCUT2D eigenvalue weighted by Crippen LogP contribution is -2.50. The van der Waals surface area contributed by atoms with Gasteiger partial charge in [-0.25, -0.2) is 0 Å². The molecular formula is C19H37N3O.